The molecule has 9 heteroatoms. The summed E-state index contributed by atoms with van der Waals surface area (Å²) in [5.74, 6) is -4.57. The number of nitrogens with one attached hydrogen (secondary N) is 1. The van der Waals surface area contributed by atoms with Gasteiger partial charge in [-0.2, -0.15) is 0 Å². The topological polar surface area (TPSA) is 41.0 Å². The van der Waals surface area contributed by atoms with Gasteiger partial charge >= 0.3 is 0 Å². The van der Waals surface area contributed by atoms with Crippen LogP contribution in [-0.4, -0.2) is 34.2 Å². The highest BCUT2D eigenvalue weighted by molar-refractivity contribution is 5.60. The van der Waals surface area contributed by atoms with Gasteiger partial charge in [0.25, 0.3) is 0 Å². The molecular weight excluding hydrogens is 439 g/mol. The normalized spacial score (nSPS) is 23.8. The molecule has 3 aromatic rings. The third kappa shape index (κ3) is 4.42. The van der Waals surface area contributed by atoms with Gasteiger partial charge in [0.2, 0.25) is 0 Å². The standard InChI is InChI=1S/C24H21F5N4/c25-15-8-17(24(29)21(28)9-15)22-4-5-23(32-31-22)30-16-6-13-10-33(11-14(13)7-16)12-18-19(26)2-1-3-20(18)27/h1-5,8-9,13-14,16H,6-7,10-12H2,(H,30,32)/t13-,14+,16?/i12D2. The predicted molar refractivity (Wildman–Crippen MR) is 113 cm³/mol. The van der Waals surface area contributed by atoms with Gasteiger partial charge in [0.1, 0.15) is 23.3 Å². The Morgan fingerprint density at radius 1 is 0.909 bits per heavy atom. The van der Waals surface area contributed by atoms with Crippen LogP contribution in [0.25, 0.3) is 11.3 Å². The van der Waals surface area contributed by atoms with Crippen molar-refractivity contribution in [2.75, 3.05) is 18.4 Å². The van der Waals surface area contributed by atoms with Crippen LogP contribution in [0.5, 0.6) is 0 Å². The van der Waals surface area contributed by atoms with Crippen molar-refractivity contribution in [3.63, 3.8) is 0 Å². The van der Waals surface area contributed by atoms with Gasteiger partial charge < -0.3 is 5.32 Å². The molecule has 2 heterocycles. The van der Waals surface area contributed by atoms with E-state index in [9.17, 15) is 22.0 Å². The molecule has 2 aromatic carbocycles. The van der Waals surface area contributed by atoms with Crippen LogP contribution >= 0.6 is 0 Å². The molecule has 1 aliphatic heterocycles. The van der Waals surface area contributed by atoms with Crippen molar-refractivity contribution in [1.82, 2.24) is 15.1 Å². The summed E-state index contributed by atoms with van der Waals surface area (Å²) in [5, 5.41) is 11.1. The molecule has 0 bridgehead atoms. The fraction of sp³-hybridized carbons (Fsp3) is 0.333. The second kappa shape index (κ2) is 8.70. The monoisotopic (exact) mass is 462 g/mol. The van der Waals surface area contributed by atoms with E-state index < -0.39 is 41.1 Å². The zero-order chi connectivity index (χ0) is 24.9. The number of likely N-dealkylation sites (tertiary alicyclic amines) is 1. The molecule has 5 rings (SSSR count). The van der Waals surface area contributed by atoms with E-state index in [4.69, 9.17) is 2.74 Å². The molecule has 0 radical (unpaired) electrons. The van der Waals surface area contributed by atoms with Crippen LogP contribution in [0, 0.1) is 40.9 Å². The SMILES string of the molecule is [2H]C([2H])(c1c(F)cccc1F)N1C[C@H]2CC(Nc3ccc(-c4cc(F)cc(F)c4F)nn3)C[C@H]2C1. The lowest BCUT2D eigenvalue weighted by Crippen LogP contribution is -2.26. The molecule has 1 unspecified atom stereocenters. The smallest absolute Gasteiger partial charge is 0.168 e. The second-order valence-electron chi connectivity index (χ2n) is 8.50. The Kier molecular flexibility index (Phi) is 5.12. The first kappa shape index (κ1) is 19.4. The minimum absolute atomic E-state index is 0.00649. The summed E-state index contributed by atoms with van der Waals surface area (Å²) in [6.07, 6.45) is 1.40. The van der Waals surface area contributed by atoms with Gasteiger partial charge in [0, 0.05) is 45.6 Å². The van der Waals surface area contributed by atoms with Crippen molar-refractivity contribution >= 4 is 5.82 Å². The van der Waals surface area contributed by atoms with Gasteiger partial charge in [0.05, 0.1) is 5.69 Å². The van der Waals surface area contributed by atoms with Gasteiger partial charge in [0.15, 0.2) is 11.6 Å². The van der Waals surface area contributed by atoms with Crippen LogP contribution in [0.2, 0.25) is 0 Å². The molecule has 2 fully saturated rings. The summed E-state index contributed by atoms with van der Waals surface area (Å²) in [5.41, 5.74) is -0.898. The van der Waals surface area contributed by atoms with E-state index in [2.05, 4.69) is 15.5 Å². The number of aromatic nitrogens is 2. The lowest BCUT2D eigenvalue weighted by Gasteiger charge is -2.20. The largest absolute Gasteiger partial charge is 0.366 e. The van der Waals surface area contributed by atoms with Crippen molar-refractivity contribution in [2.24, 2.45) is 11.8 Å². The van der Waals surface area contributed by atoms with Crippen LogP contribution in [0.1, 0.15) is 21.1 Å². The number of hydrogen-bond acceptors (Lipinski definition) is 4. The number of hydrogen-bond donors (Lipinski definition) is 1. The first-order valence-corrected chi connectivity index (χ1v) is 10.6. The van der Waals surface area contributed by atoms with Gasteiger partial charge in [-0.3, -0.25) is 4.90 Å². The van der Waals surface area contributed by atoms with Crippen molar-refractivity contribution < 1.29 is 24.7 Å². The van der Waals surface area contributed by atoms with Crippen LogP contribution in [0.3, 0.4) is 0 Å². The number of nitrogens with zero attached hydrogens (tertiary/aromatic N) is 3. The number of benzene rings is 2. The van der Waals surface area contributed by atoms with E-state index in [1.165, 1.54) is 17.0 Å². The first-order chi connectivity index (χ1) is 16.6. The lowest BCUT2D eigenvalue weighted by molar-refractivity contribution is 0.291. The molecule has 4 nitrogen and oxygen atoms in total. The van der Waals surface area contributed by atoms with E-state index in [0.29, 0.717) is 37.8 Å². The minimum Gasteiger partial charge on any atom is -0.366 e. The van der Waals surface area contributed by atoms with Gasteiger partial charge in [-0.15, -0.1) is 10.2 Å². The number of anilines is 1. The zero-order valence-corrected chi connectivity index (χ0v) is 17.3. The Morgan fingerprint density at radius 2 is 1.61 bits per heavy atom. The van der Waals surface area contributed by atoms with Crippen LogP contribution in [-0.2, 0) is 6.50 Å². The average molecular weight is 462 g/mol. The maximum absolute atomic E-state index is 14.2. The van der Waals surface area contributed by atoms with Crippen molar-refractivity contribution in [1.29, 1.82) is 0 Å². The van der Waals surface area contributed by atoms with Crippen LogP contribution in [0.4, 0.5) is 27.8 Å². The highest BCUT2D eigenvalue weighted by atomic mass is 19.2. The molecule has 1 aromatic heterocycles. The summed E-state index contributed by atoms with van der Waals surface area (Å²) in [6, 6.07) is 7.61. The van der Waals surface area contributed by atoms with E-state index in [0.717, 1.165) is 18.2 Å². The fourth-order valence-electron chi connectivity index (χ4n) is 4.78. The Balaban J connectivity index is 1.23. The van der Waals surface area contributed by atoms with E-state index >= 15 is 0 Å². The molecule has 1 aliphatic carbocycles. The predicted octanol–water partition coefficient (Wildman–Crippen LogP) is 5.16. The van der Waals surface area contributed by atoms with Crippen molar-refractivity contribution in [3.05, 3.63) is 77.1 Å². The summed E-state index contributed by atoms with van der Waals surface area (Å²) in [4.78, 5) is 1.49. The Bertz CT molecular complexity index is 1220. The first-order valence-electron chi connectivity index (χ1n) is 11.6. The molecule has 1 N–H and O–H groups in total. The second-order valence-corrected chi connectivity index (χ2v) is 8.50. The molecule has 172 valence electrons. The molecule has 0 amide bonds. The van der Waals surface area contributed by atoms with E-state index in [-0.39, 0.29) is 29.1 Å². The van der Waals surface area contributed by atoms with Gasteiger partial charge in [-0.05, 0) is 55.0 Å². The number of rotatable bonds is 5. The maximum Gasteiger partial charge on any atom is 0.168 e. The Hall–Kier alpha value is -3.07. The quantitative estimate of drug-likeness (QED) is 0.420. The highest BCUT2D eigenvalue weighted by Gasteiger charge is 2.41. The Morgan fingerprint density at radius 3 is 2.24 bits per heavy atom. The van der Waals surface area contributed by atoms with E-state index in [1.807, 2.05) is 0 Å². The maximum atomic E-state index is 14.2. The van der Waals surface area contributed by atoms with Gasteiger partial charge in [-0.1, -0.05) is 6.07 Å². The summed E-state index contributed by atoms with van der Waals surface area (Å²) < 4.78 is 86.1. The average Bonchev–Trinajstić information content (AvgIpc) is 3.36. The zero-order valence-electron chi connectivity index (χ0n) is 19.3. The molecule has 2 aliphatic rings. The third-order valence-electron chi connectivity index (χ3n) is 6.27. The van der Waals surface area contributed by atoms with Crippen LogP contribution < -0.4 is 5.32 Å². The minimum atomic E-state index is -2.27. The summed E-state index contributed by atoms with van der Waals surface area (Å²) >= 11 is 0. The summed E-state index contributed by atoms with van der Waals surface area (Å²) in [7, 11) is 0. The lowest BCUT2D eigenvalue weighted by atomic mass is 10.0. The molecule has 3 atom stereocenters. The van der Waals surface area contributed by atoms with E-state index in [1.54, 1.807) is 6.07 Å². The molecular formula is C24H21F5N4. The van der Waals surface area contributed by atoms with Crippen molar-refractivity contribution in [3.8, 4) is 11.3 Å². The number of fused-ring (bicyclic) bond motifs is 1. The fourth-order valence-corrected chi connectivity index (χ4v) is 4.78. The Labute approximate surface area is 190 Å². The van der Waals surface area contributed by atoms with Gasteiger partial charge in [-0.25, -0.2) is 22.0 Å². The molecule has 1 saturated heterocycles. The van der Waals surface area contributed by atoms with Crippen molar-refractivity contribution in [2.45, 2.75) is 25.4 Å². The third-order valence-corrected chi connectivity index (χ3v) is 6.27. The highest BCUT2D eigenvalue weighted by Crippen LogP contribution is 2.40. The molecule has 1 saturated carbocycles. The molecule has 0 spiro atoms. The number of halogens is 5. The molecule has 33 heavy (non-hydrogen) atoms. The summed E-state index contributed by atoms with van der Waals surface area (Å²) in [6.45, 7) is -1.55. The van der Waals surface area contributed by atoms with Crippen LogP contribution in [0.15, 0.2) is 42.5 Å².